The van der Waals surface area contributed by atoms with E-state index in [2.05, 4.69) is 0 Å². The van der Waals surface area contributed by atoms with Crippen LogP contribution in [0, 0.1) is 0 Å². The standard InChI is InChI=1S/C17H14O7S/c1-22-12-5-6-13(23-2)15(9-12)25(20,21)16-7-10-3-4-11(18)8-14(10)24-17(16)19/h3-9,18H,1-2H3. The third kappa shape index (κ3) is 2.91. The first kappa shape index (κ1) is 16.8. The van der Waals surface area contributed by atoms with Gasteiger partial charge in [0.1, 0.15) is 27.7 Å². The predicted octanol–water partition coefficient (Wildman–Crippen LogP) is 2.35. The molecule has 0 unspecified atom stereocenters. The number of rotatable bonds is 4. The Morgan fingerprint density at radius 3 is 2.40 bits per heavy atom. The molecule has 0 amide bonds. The summed E-state index contributed by atoms with van der Waals surface area (Å²) in [4.78, 5) is 11.5. The molecule has 0 aliphatic rings. The third-order valence-corrected chi connectivity index (χ3v) is 5.40. The average Bonchev–Trinajstić information content (AvgIpc) is 2.60. The van der Waals surface area contributed by atoms with Gasteiger partial charge >= 0.3 is 5.63 Å². The van der Waals surface area contributed by atoms with Crippen LogP contribution in [0.2, 0.25) is 0 Å². The summed E-state index contributed by atoms with van der Waals surface area (Å²) < 4.78 is 41.1. The van der Waals surface area contributed by atoms with Crippen molar-refractivity contribution in [3.63, 3.8) is 0 Å². The van der Waals surface area contributed by atoms with Gasteiger partial charge in [0.25, 0.3) is 0 Å². The highest BCUT2D eigenvalue weighted by atomic mass is 32.2. The second kappa shape index (κ2) is 6.14. The molecular formula is C17H14O7S. The van der Waals surface area contributed by atoms with E-state index in [0.717, 1.165) is 0 Å². The maximum atomic E-state index is 13.0. The quantitative estimate of drug-likeness (QED) is 0.711. The molecule has 0 atom stereocenters. The summed E-state index contributed by atoms with van der Waals surface area (Å²) in [6.07, 6.45) is 0. The number of phenolic OH excluding ortho intramolecular Hbond substituents is 1. The van der Waals surface area contributed by atoms with Gasteiger partial charge in [-0.1, -0.05) is 0 Å². The van der Waals surface area contributed by atoms with Crippen LogP contribution in [0.3, 0.4) is 0 Å². The zero-order valence-electron chi connectivity index (χ0n) is 13.3. The molecule has 7 nitrogen and oxygen atoms in total. The summed E-state index contributed by atoms with van der Waals surface area (Å²) in [5, 5.41) is 9.80. The SMILES string of the molecule is COc1ccc(OC)c(S(=O)(=O)c2cc3ccc(O)cc3oc2=O)c1. The number of benzene rings is 2. The monoisotopic (exact) mass is 362 g/mol. The number of hydrogen-bond acceptors (Lipinski definition) is 7. The lowest BCUT2D eigenvalue weighted by Crippen LogP contribution is -2.15. The van der Waals surface area contributed by atoms with Gasteiger partial charge in [-0.3, -0.25) is 0 Å². The lowest BCUT2D eigenvalue weighted by atomic mass is 10.2. The molecule has 0 aliphatic carbocycles. The minimum atomic E-state index is -4.22. The van der Waals surface area contributed by atoms with Crippen LogP contribution in [0.15, 0.2) is 61.5 Å². The van der Waals surface area contributed by atoms with Crippen LogP contribution in [-0.4, -0.2) is 27.7 Å². The molecule has 0 saturated heterocycles. The Hall–Kier alpha value is -3.00. The van der Waals surface area contributed by atoms with Crippen LogP contribution in [0.1, 0.15) is 0 Å². The Balaban J connectivity index is 2.28. The van der Waals surface area contributed by atoms with Crippen molar-refractivity contribution < 1.29 is 27.4 Å². The second-order valence-electron chi connectivity index (χ2n) is 5.14. The lowest BCUT2D eigenvalue weighted by molar-refractivity contribution is 0.392. The zero-order chi connectivity index (χ0) is 18.2. The summed E-state index contributed by atoms with van der Waals surface area (Å²) in [6.45, 7) is 0. The maximum Gasteiger partial charge on any atom is 0.355 e. The van der Waals surface area contributed by atoms with Crippen molar-refractivity contribution in [1.82, 2.24) is 0 Å². The number of ether oxygens (including phenoxy) is 2. The molecular weight excluding hydrogens is 348 g/mol. The molecule has 3 rings (SSSR count). The Bertz CT molecular complexity index is 1110. The van der Waals surface area contributed by atoms with Crippen LogP contribution in [0.5, 0.6) is 17.2 Å². The Morgan fingerprint density at radius 2 is 1.72 bits per heavy atom. The fourth-order valence-corrected chi connectivity index (χ4v) is 3.85. The minimum absolute atomic E-state index is 0.0750. The molecule has 0 spiro atoms. The first-order valence-electron chi connectivity index (χ1n) is 7.11. The van der Waals surface area contributed by atoms with Crippen molar-refractivity contribution in [2.24, 2.45) is 0 Å². The molecule has 1 N–H and O–H groups in total. The Morgan fingerprint density at radius 1 is 0.960 bits per heavy atom. The summed E-state index contributed by atoms with van der Waals surface area (Å²) in [5.41, 5.74) is -0.954. The number of methoxy groups -OCH3 is 2. The molecule has 1 aromatic heterocycles. The highest BCUT2D eigenvalue weighted by molar-refractivity contribution is 7.91. The van der Waals surface area contributed by atoms with E-state index in [1.54, 1.807) is 6.07 Å². The van der Waals surface area contributed by atoms with Crippen LogP contribution in [-0.2, 0) is 9.84 Å². The normalized spacial score (nSPS) is 11.4. The lowest BCUT2D eigenvalue weighted by Gasteiger charge is -2.11. The van der Waals surface area contributed by atoms with Gasteiger partial charge in [0.2, 0.25) is 9.84 Å². The van der Waals surface area contributed by atoms with E-state index in [4.69, 9.17) is 13.9 Å². The molecule has 2 aromatic carbocycles. The summed E-state index contributed by atoms with van der Waals surface area (Å²) in [6, 6.07) is 9.51. The molecule has 0 radical (unpaired) electrons. The number of aromatic hydroxyl groups is 1. The first-order valence-corrected chi connectivity index (χ1v) is 8.59. The first-order chi connectivity index (χ1) is 11.9. The van der Waals surface area contributed by atoms with Gasteiger partial charge in [-0.25, -0.2) is 13.2 Å². The molecule has 130 valence electrons. The highest BCUT2D eigenvalue weighted by Crippen LogP contribution is 2.32. The van der Waals surface area contributed by atoms with Gasteiger partial charge in [0.15, 0.2) is 4.90 Å². The van der Waals surface area contributed by atoms with Gasteiger partial charge in [0, 0.05) is 17.5 Å². The summed E-state index contributed by atoms with van der Waals surface area (Å²) >= 11 is 0. The van der Waals surface area contributed by atoms with Crippen molar-refractivity contribution in [2.75, 3.05) is 14.2 Å². The molecule has 8 heteroatoms. The van der Waals surface area contributed by atoms with E-state index in [9.17, 15) is 18.3 Å². The van der Waals surface area contributed by atoms with E-state index in [1.165, 1.54) is 50.6 Å². The topological polar surface area (TPSA) is 103 Å². The van der Waals surface area contributed by atoms with E-state index >= 15 is 0 Å². The van der Waals surface area contributed by atoms with Crippen molar-refractivity contribution in [3.05, 3.63) is 52.9 Å². The summed E-state index contributed by atoms with van der Waals surface area (Å²) in [7, 11) is -1.50. The fourth-order valence-electron chi connectivity index (χ4n) is 2.38. The van der Waals surface area contributed by atoms with E-state index in [0.29, 0.717) is 11.1 Å². The number of sulfone groups is 1. The van der Waals surface area contributed by atoms with Gasteiger partial charge < -0.3 is 19.0 Å². The van der Waals surface area contributed by atoms with Gasteiger partial charge in [-0.15, -0.1) is 0 Å². The Labute approximate surface area is 143 Å². The van der Waals surface area contributed by atoms with Gasteiger partial charge in [-0.2, -0.15) is 0 Å². The molecule has 0 fully saturated rings. The number of phenols is 1. The Kier molecular flexibility index (Phi) is 4.13. The highest BCUT2D eigenvalue weighted by Gasteiger charge is 2.27. The van der Waals surface area contributed by atoms with Gasteiger partial charge in [-0.05, 0) is 30.3 Å². The van der Waals surface area contributed by atoms with Crippen molar-refractivity contribution in [1.29, 1.82) is 0 Å². The van der Waals surface area contributed by atoms with Gasteiger partial charge in [0.05, 0.1) is 14.2 Å². The largest absolute Gasteiger partial charge is 0.508 e. The van der Waals surface area contributed by atoms with Crippen molar-refractivity contribution >= 4 is 20.8 Å². The van der Waals surface area contributed by atoms with Crippen LogP contribution >= 0.6 is 0 Å². The molecule has 25 heavy (non-hydrogen) atoms. The van der Waals surface area contributed by atoms with Crippen LogP contribution in [0.25, 0.3) is 11.0 Å². The van der Waals surface area contributed by atoms with Crippen molar-refractivity contribution in [2.45, 2.75) is 9.79 Å². The number of hydrogen-bond donors (Lipinski definition) is 1. The van der Waals surface area contributed by atoms with E-state index in [1.807, 2.05) is 0 Å². The van der Waals surface area contributed by atoms with E-state index < -0.39 is 20.4 Å². The number of fused-ring (bicyclic) bond motifs is 1. The zero-order valence-corrected chi connectivity index (χ0v) is 14.2. The van der Waals surface area contributed by atoms with Crippen LogP contribution in [0.4, 0.5) is 0 Å². The second-order valence-corrected chi connectivity index (χ2v) is 7.03. The maximum absolute atomic E-state index is 13.0. The molecule has 1 heterocycles. The average molecular weight is 362 g/mol. The van der Waals surface area contributed by atoms with E-state index in [-0.39, 0.29) is 22.0 Å². The molecule has 0 saturated carbocycles. The molecule has 0 aliphatic heterocycles. The predicted molar refractivity (Wildman–Crippen MR) is 89.1 cm³/mol. The fraction of sp³-hybridized carbons (Fsp3) is 0.118. The summed E-state index contributed by atoms with van der Waals surface area (Å²) in [5.74, 6) is 0.279. The third-order valence-electron chi connectivity index (χ3n) is 3.64. The van der Waals surface area contributed by atoms with Crippen LogP contribution < -0.4 is 15.1 Å². The smallest absolute Gasteiger partial charge is 0.355 e. The molecule has 3 aromatic rings. The molecule has 0 bridgehead atoms. The van der Waals surface area contributed by atoms with Crippen molar-refractivity contribution in [3.8, 4) is 17.2 Å². The minimum Gasteiger partial charge on any atom is -0.508 e.